The van der Waals surface area contributed by atoms with Gasteiger partial charge >= 0.3 is 5.97 Å². The molecule has 0 unspecified atom stereocenters. The smallest absolute Gasteiger partial charge is 0.335 e. The Balaban J connectivity index is 1.60. The monoisotopic (exact) mass is 503 g/mol. The van der Waals surface area contributed by atoms with Crippen LogP contribution in [0.25, 0.3) is 11.1 Å². The van der Waals surface area contributed by atoms with Crippen LogP contribution in [0.15, 0.2) is 66.9 Å². The van der Waals surface area contributed by atoms with Crippen LogP contribution in [0, 0.1) is 5.92 Å². The second-order valence-corrected chi connectivity index (χ2v) is 9.76. The molecule has 0 saturated carbocycles. The molecule has 3 aromatic rings. The molecule has 1 aliphatic heterocycles. The minimum atomic E-state index is -0.950. The lowest BCUT2D eigenvalue weighted by Crippen LogP contribution is -2.49. The van der Waals surface area contributed by atoms with Gasteiger partial charge in [-0.15, -0.1) is 0 Å². The van der Waals surface area contributed by atoms with E-state index < -0.39 is 5.97 Å². The Morgan fingerprint density at radius 3 is 2.51 bits per heavy atom. The molecule has 4 rings (SSSR count). The largest absolute Gasteiger partial charge is 0.478 e. The number of rotatable bonds is 8. The van der Waals surface area contributed by atoms with Crippen molar-refractivity contribution < 1.29 is 24.5 Å². The molecule has 2 N–H and O–H groups in total. The summed E-state index contributed by atoms with van der Waals surface area (Å²) in [6.07, 6.45) is 1.46. The number of fused-ring (bicyclic) bond motifs is 1. The summed E-state index contributed by atoms with van der Waals surface area (Å²) in [6, 6.07) is 18.0. The first-order valence-corrected chi connectivity index (χ1v) is 12.4. The molecule has 1 amide bonds. The molecular formula is C29H33N3O5. The van der Waals surface area contributed by atoms with Gasteiger partial charge in [-0.05, 0) is 43.3 Å². The number of carbonyl (C=O) groups excluding carboxylic acids is 1. The fourth-order valence-electron chi connectivity index (χ4n) is 4.54. The summed E-state index contributed by atoms with van der Waals surface area (Å²) < 4.78 is 6.39. The van der Waals surface area contributed by atoms with Gasteiger partial charge in [-0.1, -0.05) is 49.4 Å². The van der Waals surface area contributed by atoms with Crippen molar-refractivity contribution in [1.29, 1.82) is 0 Å². The highest BCUT2D eigenvalue weighted by Crippen LogP contribution is 2.30. The van der Waals surface area contributed by atoms with Crippen molar-refractivity contribution in [2.24, 2.45) is 5.92 Å². The van der Waals surface area contributed by atoms with E-state index in [-0.39, 0.29) is 42.0 Å². The number of carbonyl (C=O) groups is 2. The van der Waals surface area contributed by atoms with E-state index in [9.17, 15) is 14.7 Å². The summed E-state index contributed by atoms with van der Waals surface area (Å²) in [7, 11) is 1.98. The highest BCUT2D eigenvalue weighted by atomic mass is 16.5. The molecule has 0 saturated heterocycles. The standard InChI is InChI=1S/C29H33N3O5/c1-19-15-32(20(2)18-33)28(34)25-13-24(22-7-5-4-6-8-22)14-30-27(25)37-26(19)17-31(3)16-21-9-11-23(12-10-21)29(35)36/h4-14,19-20,26,33H,15-18H2,1-3H3,(H,35,36)/t19-,20-,26-/m0/s1. The Bertz CT molecular complexity index is 1230. The van der Waals surface area contributed by atoms with Gasteiger partial charge in [-0.25, -0.2) is 9.78 Å². The fourth-order valence-corrected chi connectivity index (χ4v) is 4.54. The maximum atomic E-state index is 13.6. The van der Waals surface area contributed by atoms with Gasteiger partial charge in [0.15, 0.2) is 0 Å². The topological polar surface area (TPSA) is 103 Å². The molecule has 37 heavy (non-hydrogen) atoms. The minimum absolute atomic E-state index is 0.0291. The number of carboxylic acid groups (broad SMARTS) is 1. The molecule has 3 atom stereocenters. The molecule has 194 valence electrons. The normalized spacial score (nSPS) is 18.5. The van der Waals surface area contributed by atoms with Crippen LogP contribution in [-0.4, -0.2) is 75.8 Å². The first kappa shape index (κ1) is 26.3. The van der Waals surface area contributed by atoms with E-state index in [1.54, 1.807) is 23.2 Å². The molecule has 0 bridgehead atoms. The van der Waals surface area contributed by atoms with Crippen LogP contribution in [0.1, 0.15) is 40.1 Å². The van der Waals surface area contributed by atoms with Crippen LogP contribution in [0.2, 0.25) is 0 Å². The van der Waals surface area contributed by atoms with Crippen molar-refractivity contribution in [2.75, 3.05) is 26.7 Å². The SMILES string of the molecule is C[C@H]1CN([C@@H](C)CO)C(=O)c2cc(-c3ccccc3)cnc2O[C@H]1CN(C)Cc1ccc(C(=O)O)cc1. The van der Waals surface area contributed by atoms with Gasteiger partial charge < -0.3 is 19.8 Å². The van der Waals surface area contributed by atoms with Gasteiger partial charge in [0.1, 0.15) is 11.7 Å². The van der Waals surface area contributed by atoms with E-state index in [2.05, 4.69) is 9.88 Å². The Hall–Kier alpha value is -3.75. The number of aliphatic hydroxyl groups is 1. The molecule has 2 heterocycles. The van der Waals surface area contributed by atoms with Gasteiger partial charge in [-0.3, -0.25) is 9.69 Å². The molecule has 0 radical (unpaired) electrons. The number of amides is 1. The number of aliphatic hydroxyl groups excluding tert-OH is 1. The predicted molar refractivity (Wildman–Crippen MR) is 141 cm³/mol. The summed E-state index contributed by atoms with van der Waals surface area (Å²) >= 11 is 0. The Morgan fingerprint density at radius 2 is 1.86 bits per heavy atom. The summed E-state index contributed by atoms with van der Waals surface area (Å²) in [5.41, 5.74) is 3.39. The van der Waals surface area contributed by atoms with E-state index >= 15 is 0 Å². The Kier molecular flexibility index (Phi) is 8.21. The zero-order valence-corrected chi connectivity index (χ0v) is 21.4. The zero-order chi connectivity index (χ0) is 26.5. The van der Waals surface area contributed by atoms with Crippen molar-refractivity contribution >= 4 is 11.9 Å². The number of carboxylic acids is 1. The van der Waals surface area contributed by atoms with E-state index in [0.717, 1.165) is 16.7 Å². The molecule has 8 heteroatoms. The van der Waals surface area contributed by atoms with Crippen LogP contribution >= 0.6 is 0 Å². The third-order valence-electron chi connectivity index (χ3n) is 6.77. The lowest BCUT2D eigenvalue weighted by molar-refractivity contribution is 0.0325. The number of ether oxygens (including phenoxy) is 1. The van der Waals surface area contributed by atoms with Crippen molar-refractivity contribution in [3.8, 4) is 17.0 Å². The molecule has 8 nitrogen and oxygen atoms in total. The number of likely N-dealkylation sites (N-methyl/N-ethyl adjacent to an activating group) is 1. The number of pyridine rings is 1. The van der Waals surface area contributed by atoms with Crippen LogP contribution in [0.4, 0.5) is 0 Å². The summed E-state index contributed by atoms with van der Waals surface area (Å²) in [6.45, 7) is 5.34. The third-order valence-corrected chi connectivity index (χ3v) is 6.77. The van der Waals surface area contributed by atoms with Gasteiger partial charge in [0.25, 0.3) is 5.91 Å². The maximum Gasteiger partial charge on any atom is 0.335 e. The lowest BCUT2D eigenvalue weighted by atomic mass is 9.99. The van der Waals surface area contributed by atoms with Gasteiger partial charge in [0.05, 0.1) is 18.2 Å². The minimum Gasteiger partial charge on any atom is -0.478 e. The van der Waals surface area contributed by atoms with Gasteiger partial charge in [-0.2, -0.15) is 0 Å². The number of hydrogen-bond donors (Lipinski definition) is 2. The van der Waals surface area contributed by atoms with Gasteiger partial charge in [0.2, 0.25) is 5.88 Å². The van der Waals surface area contributed by atoms with E-state index in [4.69, 9.17) is 9.84 Å². The van der Waals surface area contributed by atoms with Crippen LogP contribution in [0.3, 0.4) is 0 Å². The summed E-state index contributed by atoms with van der Waals surface area (Å²) in [5.74, 6) is -0.900. The first-order valence-electron chi connectivity index (χ1n) is 12.4. The quantitative estimate of drug-likeness (QED) is 0.482. The maximum absolute atomic E-state index is 13.6. The molecule has 1 aliphatic rings. The average Bonchev–Trinajstić information content (AvgIpc) is 2.90. The first-order chi connectivity index (χ1) is 17.8. The van der Waals surface area contributed by atoms with Crippen molar-refractivity contribution in [3.05, 3.63) is 83.6 Å². The highest BCUT2D eigenvalue weighted by molar-refractivity contribution is 5.98. The van der Waals surface area contributed by atoms with Crippen LogP contribution in [-0.2, 0) is 6.54 Å². The van der Waals surface area contributed by atoms with E-state index in [0.29, 0.717) is 25.2 Å². The van der Waals surface area contributed by atoms with Crippen molar-refractivity contribution in [2.45, 2.75) is 32.5 Å². The molecular weight excluding hydrogens is 470 g/mol. The van der Waals surface area contributed by atoms with Crippen LogP contribution < -0.4 is 4.74 Å². The molecule has 0 aliphatic carbocycles. The number of aromatic carboxylic acids is 1. The predicted octanol–water partition coefficient (Wildman–Crippen LogP) is 3.80. The highest BCUT2D eigenvalue weighted by Gasteiger charge is 2.34. The van der Waals surface area contributed by atoms with E-state index in [1.807, 2.05) is 69.4 Å². The summed E-state index contributed by atoms with van der Waals surface area (Å²) in [4.78, 5) is 33.1. The van der Waals surface area contributed by atoms with Crippen molar-refractivity contribution in [1.82, 2.24) is 14.8 Å². The second-order valence-electron chi connectivity index (χ2n) is 9.76. The van der Waals surface area contributed by atoms with Crippen LogP contribution in [0.5, 0.6) is 5.88 Å². The van der Waals surface area contributed by atoms with E-state index in [1.165, 1.54) is 0 Å². The number of nitrogens with zero attached hydrogens (tertiary/aromatic N) is 3. The third kappa shape index (κ3) is 6.15. The average molecular weight is 504 g/mol. The number of hydrogen-bond acceptors (Lipinski definition) is 6. The zero-order valence-electron chi connectivity index (χ0n) is 21.4. The summed E-state index contributed by atoms with van der Waals surface area (Å²) in [5, 5.41) is 19.0. The molecule has 0 fully saturated rings. The molecule has 2 aromatic carbocycles. The molecule has 1 aromatic heterocycles. The fraction of sp³-hybridized carbons (Fsp3) is 0.345. The number of benzene rings is 2. The molecule has 0 spiro atoms. The van der Waals surface area contributed by atoms with Gasteiger partial charge in [0, 0.05) is 37.3 Å². The second kappa shape index (κ2) is 11.5. The Morgan fingerprint density at radius 1 is 1.16 bits per heavy atom. The number of aromatic nitrogens is 1. The Labute approximate surface area is 217 Å². The lowest BCUT2D eigenvalue weighted by Gasteiger charge is -2.37. The van der Waals surface area contributed by atoms with Crippen molar-refractivity contribution in [3.63, 3.8) is 0 Å².